The fourth-order valence-corrected chi connectivity index (χ4v) is 2.85. The first-order chi connectivity index (χ1) is 11.9. The molecule has 1 unspecified atom stereocenters. The zero-order chi connectivity index (χ0) is 18.4. The first kappa shape index (κ1) is 19.4. The molecule has 1 saturated heterocycles. The third kappa shape index (κ3) is 5.83. The van der Waals surface area contributed by atoms with Gasteiger partial charge in [0.2, 0.25) is 5.91 Å². The minimum Gasteiger partial charge on any atom is -0.491 e. The number of hydrogen-bond donors (Lipinski definition) is 1. The lowest BCUT2D eigenvalue weighted by atomic mass is 10.1. The number of amides is 1. The van der Waals surface area contributed by atoms with E-state index in [1.54, 1.807) is 24.3 Å². The molecule has 1 aliphatic heterocycles. The van der Waals surface area contributed by atoms with Gasteiger partial charge in [0, 0.05) is 44.2 Å². The maximum absolute atomic E-state index is 12.0. The summed E-state index contributed by atoms with van der Waals surface area (Å²) in [6.07, 6.45) is -0.597. The van der Waals surface area contributed by atoms with Gasteiger partial charge in [-0.25, -0.2) is 0 Å². The second-order valence-electron chi connectivity index (χ2n) is 6.83. The summed E-state index contributed by atoms with van der Waals surface area (Å²) in [6.45, 7) is 9.02. The molecule has 0 aliphatic carbocycles. The van der Waals surface area contributed by atoms with Crippen molar-refractivity contribution in [2.24, 2.45) is 5.92 Å². The Bertz CT molecular complexity index is 578. The molecule has 25 heavy (non-hydrogen) atoms. The van der Waals surface area contributed by atoms with Gasteiger partial charge in [-0.05, 0) is 31.2 Å². The summed E-state index contributed by atoms with van der Waals surface area (Å²) < 4.78 is 5.58. The highest BCUT2D eigenvalue weighted by molar-refractivity contribution is 5.94. The van der Waals surface area contributed by atoms with Crippen LogP contribution in [0.15, 0.2) is 24.3 Å². The fraction of sp³-hybridized carbons (Fsp3) is 0.579. The lowest BCUT2D eigenvalue weighted by Gasteiger charge is -2.36. The van der Waals surface area contributed by atoms with Gasteiger partial charge < -0.3 is 14.7 Å². The average Bonchev–Trinajstić information content (AvgIpc) is 2.60. The van der Waals surface area contributed by atoms with E-state index in [0.717, 1.165) is 13.1 Å². The van der Waals surface area contributed by atoms with Crippen molar-refractivity contribution in [2.75, 3.05) is 39.3 Å². The van der Waals surface area contributed by atoms with E-state index < -0.39 is 6.10 Å². The van der Waals surface area contributed by atoms with Gasteiger partial charge in [-0.3, -0.25) is 14.5 Å². The van der Waals surface area contributed by atoms with Crippen molar-refractivity contribution in [1.29, 1.82) is 0 Å². The normalized spacial score (nSPS) is 16.8. The topological polar surface area (TPSA) is 70.1 Å². The number of piperazine rings is 1. The van der Waals surface area contributed by atoms with Crippen LogP contribution in [-0.2, 0) is 4.79 Å². The molecule has 0 radical (unpaired) electrons. The Labute approximate surface area is 149 Å². The first-order valence-corrected chi connectivity index (χ1v) is 8.80. The van der Waals surface area contributed by atoms with Crippen molar-refractivity contribution in [1.82, 2.24) is 9.80 Å². The number of rotatable bonds is 7. The molecule has 1 aliphatic rings. The van der Waals surface area contributed by atoms with E-state index in [0.29, 0.717) is 30.9 Å². The fourth-order valence-electron chi connectivity index (χ4n) is 2.85. The summed E-state index contributed by atoms with van der Waals surface area (Å²) in [5.74, 6) is 0.871. The largest absolute Gasteiger partial charge is 0.491 e. The molecule has 2 rings (SSSR count). The summed E-state index contributed by atoms with van der Waals surface area (Å²) in [5.41, 5.74) is 0.640. The molecule has 1 amide bonds. The summed E-state index contributed by atoms with van der Waals surface area (Å²) in [5, 5.41) is 10.2. The van der Waals surface area contributed by atoms with Crippen molar-refractivity contribution in [3.63, 3.8) is 0 Å². The predicted molar refractivity (Wildman–Crippen MR) is 95.8 cm³/mol. The third-order valence-electron chi connectivity index (χ3n) is 4.35. The molecular weight excluding hydrogens is 320 g/mol. The Morgan fingerprint density at radius 1 is 1.12 bits per heavy atom. The number of carbonyl (C=O) groups is 2. The molecule has 0 spiro atoms. The van der Waals surface area contributed by atoms with Crippen molar-refractivity contribution in [3.8, 4) is 5.75 Å². The van der Waals surface area contributed by atoms with Crippen LogP contribution in [0.1, 0.15) is 31.1 Å². The highest BCUT2D eigenvalue weighted by Crippen LogP contribution is 2.13. The van der Waals surface area contributed by atoms with Crippen LogP contribution in [-0.4, -0.2) is 72.0 Å². The van der Waals surface area contributed by atoms with Gasteiger partial charge in [-0.1, -0.05) is 13.8 Å². The second-order valence-corrected chi connectivity index (χ2v) is 6.83. The average molecular weight is 348 g/mol. The van der Waals surface area contributed by atoms with Crippen LogP contribution >= 0.6 is 0 Å². The molecule has 1 fully saturated rings. The van der Waals surface area contributed by atoms with Crippen LogP contribution in [0.4, 0.5) is 0 Å². The van der Waals surface area contributed by atoms with E-state index in [1.165, 1.54) is 6.92 Å². The Kier molecular flexibility index (Phi) is 6.96. The standard InChI is InChI=1S/C19H28N2O4/c1-14(2)19(24)21-10-8-20(9-11-21)12-17(23)13-25-18-6-4-16(5-7-18)15(3)22/h4-7,14,17,23H,8-13H2,1-3H3. The zero-order valence-corrected chi connectivity index (χ0v) is 15.3. The molecular formula is C19H28N2O4. The van der Waals surface area contributed by atoms with Crippen LogP contribution in [0.5, 0.6) is 5.75 Å². The van der Waals surface area contributed by atoms with Gasteiger partial charge in [0.15, 0.2) is 5.78 Å². The van der Waals surface area contributed by atoms with E-state index in [-0.39, 0.29) is 24.2 Å². The van der Waals surface area contributed by atoms with Gasteiger partial charge in [-0.15, -0.1) is 0 Å². The molecule has 1 aromatic rings. The molecule has 0 aromatic heterocycles. The highest BCUT2D eigenvalue weighted by atomic mass is 16.5. The number of hydrogen-bond acceptors (Lipinski definition) is 5. The van der Waals surface area contributed by atoms with Crippen molar-refractivity contribution < 1.29 is 19.4 Å². The molecule has 0 saturated carbocycles. The SMILES string of the molecule is CC(=O)c1ccc(OCC(O)CN2CCN(C(=O)C(C)C)CC2)cc1. The number of benzene rings is 1. The maximum Gasteiger partial charge on any atom is 0.225 e. The molecule has 1 aromatic carbocycles. The Morgan fingerprint density at radius 2 is 1.72 bits per heavy atom. The number of ether oxygens (including phenoxy) is 1. The summed E-state index contributed by atoms with van der Waals surface area (Å²) in [7, 11) is 0. The number of β-amino-alcohol motifs (C(OH)–C–C–N with tert-alkyl or cyclic N) is 1. The van der Waals surface area contributed by atoms with Crippen LogP contribution in [0.3, 0.4) is 0 Å². The smallest absolute Gasteiger partial charge is 0.225 e. The monoisotopic (exact) mass is 348 g/mol. The molecule has 6 heteroatoms. The highest BCUT2D eigenvalue weighted by Gasteiger charge is 2.24. The molecule has 0 bridgehead atoms. The van der Waals surface area contributed by atoms with E-state index in [2.05, 4.69) is 4.90 Å². The third-order valence-corrected chi connectivity index (χ3v) is 4.35. The summed E-state index contributed by atoms with van der Waals surface area (Å²) >= 11 is 0. The van der Waals surface area contributed by atoms with E-state index in [9.17, 15) is 14.7 Å². The lowest BCUT2D eigenvalue weighted by Crippen LogP contribution is -2.51. The van der Waals surface area contributed by atoms with E-state index in [4.69, 9.17) is 4.74 Å². The van der Waals surface area contributed by atoms with Crippen molar-refractivity contribution in [2.45, 2.75) is 26.9 Å². The first-order valence-electron chi connectivity index (χ1n) is 8.80. The zero-order valence-electron chi connectivity index (χ0n) is 15.3. The van der Waals surface area contributed by atoms with Gasteiger partial charge in [0.1, 0.15) is 18.5 Å². The Morgan fingerprint density at radius 3 is 2.24 bits per heavy atom. The van der Waals surface area contributed by atoms with Crippen LogP contribution in [0.2, 0.25) is 0 Å². The lowest BCUT2D eigenvalue weighted by molar-refractivity contribution is -0.136. The van der Waals surface area contributed by atoms with Gasteiger partial charge >= 0.3 is 0 Å². The second kappa shape index (κ2) is 8.97. The summed E-state index contributed by atoms with van der Waals surface area (Å²) in [4.78, 5) is 27.2. The number of nitrogens with zero attached hydrogens (tertiary/aromatic N) is 2. The van der Waals surface area contributed by atoms with Gasteiger partial charge in [0.25, 0.3) is 0 Å². The number of carbonyl (C=O) groups excluding carboxylic acids is 2. The number of aliphatic hydroxyl groups excluding tert-OH is 1. The van der Waals surface area contributed by atoms with E-state index in [1.807, 2.05) is 18.7 Å². The molecule has 1 heterocycles. The Hall–Kier alpha value is -1.92. The minimum atomic E-state index is -0.597. The quantitative estimate of drug-likeness (QED) is 0.755. The van der Waals surface area contributed by atoms with Crippen molar-refractivity contribution in [3.05, 3.63) is 29.8 Å². The maximum atomic E-state index is 12.0. The molecule has 138 valence electrons. The summed E-state index contributed by atoms with van der Waals surface area (Å²) in [6, 6.07) is 6.91. The molecule has 1 N–H and O–H groups in total. The van der Waals surface area contributed by atoms with Gasteiger partial charge in [0.05, 0.1) is 0 Å². The van der Waals surface area contributed by atoms with E-state index >= 15 is 0 Å². The Balaban J connectivity index is 1.71. The molecule has 1 atom stereocenters. The van der Waals surface area contributed by atoms with Crippen LogP contribution < -0.4 is 4.74 Å². The molecule has 6 nitrogen and oxygen atoms in total. The minimum absolute atomic E-state index is 0.0154. The van der Waals surface area contributed by atoms with Gasteiger partial charge in [-0.2, -0.15) is 0 Å². The number of Topliss-reactive ketones (excluding diaryl/α,β-unsaturated/α-hetero) is 1. The number of aliphatic hydroxyl groups is 1. The number of ketones is 1. The van der Waals surface area contributed by atoms with Crippen LogP contribution in [0.25, 0.3) is 0 Å². The van der Waals surface area contributed by atoms with Crippen LogP contribution in [0, 0.1) is 5.92 Å². The predicted octanol–water partition coefficient (Wildman–Crippen LogP) is 1.43. The van der Waals surface area contributed by atoms with Crippen molar-refractivity contribution >= 4 is 11.7 Å².